The monoisotopic (exact) mass is 275 g/mol. The van der Waals surface area contributed by atoms with E-state index in [1.54, 1.807) is 12.1 Å². The van der Waals surface area contributed by atoms with Gasteiger partial charge in [0.15, 0.2) is 0 Å². The molecule has 3 rings (SSSR count). The van der Waals surface area contributed by atoms with E-state index in [2.05, 4.69) is 24.5 Å². The first kappa shape index (κ1) is 12.9. The van der Waals surface area contributed by atoms with Crippen LogP contribution in [0.3, 0.4) is 0 Å². The predicted molar refractivity (Wildman–Crippen MR) is 75.9 cm³/mol. The molecule has 1 aliphatic carbocycles. The number of nitro benzene ring substituents is 1. The summed E-state index contributed by atoms with van der Waals surface area (Å²) >= 11 is 0. The quantitative estimate of drug-likeness (QED) is 0.656. The standard InChI is InChI=1S/C14H17N3O3/c1-14(2)7-12(14)15-10-6-9-8(3-4-13(18)16-9)5-11(10)17(19)20/h5-6,12,15H,3-4,7H2,1-2H3,(H,16,18). The molecule has 0 saturated heterocycles. The number of nitrogens with zero attached hydrogens (tertiary/aromatic N) is 1. The third-order valence-electron chi connectivity index (χ3n) is 4.16. The van der Waals surface area contributed by atoms with Gasteiger partial charge in [0.2, 0.25) is 5.91 Å². The van der Waals surface area contributed by atoms with Crippen LogP contribution in [0.4, 0.5) is 17.1 Å². The summed E-state index contributed by atoms with van der Waals surface area (Å²) in [7, 11) is 0. The maximum Gasteiger partial charge on any atom is 0.292 e. The van der Waals surface area contributed by atoms with E-state index in [-0.39, 0.29) is 28.0 Å². The first-order valence-electron chi connectivity index (χ1n) is 6.74. The fraction of sp³-hybridized carbons (Fsp3) is 0.500. The maximum absolute atomic E-state index is 11.4. The number of nitro groups is 1. The Morgan fingerprint density at radius 1 is 1.40 bits per heavy atom. The minimum Gasteiger partial charge on any atom is -0.376 e. The lowest BCUT2D eigenvalue weighted by molar-refractivity contribution is -0.384. The second-order valence-corrected chi connectivity index (χ2v) is 6.22. The topological polar surface area (TPSA) is 84.3 Å². The van der Waals surface area contributed by atoms with Crippen molar-refractivity contribution in [1.82, 2.24) is 0 Å². The number of nitrogens with one attached hydrogen (secondary N) is 2. The highest BCUT2D eigenvalue weighted by Gasteiger charge is 2.46. The number of fused-ring (bicyclic) bond motifs is 1. The second kappa shape index (κ2) is 4.19. The molecule has 1 unspecified atom stereocenters. The summed E-state index contributed by atoms with van der Waals surface area (Å²) in [4.78, 5) is 22.3. The fourth-order valence-corrected chi connectivity index (χ4v) is 2.58. The van der Waals surface area contributed by atoms with Crippen LogP contribution in [0.25, 0.3) is 0 Å². The molecule has 2 N–H and O–H groups in total. The normalized spacial score (nSPS) is 22.7. The Morgan fingerprint density at radius 2 is 2.10 bits per heavy atom. The van der Waals surface area contributed by atoms with Gasteiger partial charge in [0.1, 0.15) is 5.69 Å². The van der Waals surface area contributed by atoms with E-state index in [0.717, 1.165) is 12.0 Å². The highest BCUT2D eigenvalue weighted by atomic mass is 16.6. The molecule has 1 aromatic carbocycles. The van der Waals surface area contributed by atoms with Gasteiger partial charge < -0.3 is 10.6 Å². The fourth-order valence-electron chi connectivity index (χ4n) is 2.58. The zero-order valence-corrected chi connectivity index (χ0v) is 11.5. The Morgan fingerprint density at radius 3 is 2.70 bits per heavy atom. The maximum atomic E-state index is 11.4. The van der Waals surface area contributed by atoms with Crippen LogP contribution in [0.1, 0.15) is 32.3 Å². The van der Waals surface area contributed by atoms with Crippen LogP contribution in [0.5, 0.6) is 0 Å². The lowest BCUT2D eigenvalue weighted by atomic mass is 10.0. The SMILES string of the molecule is CC1(C)CC1Nc1cc2c(cc1[N+](=O)[O-])CCC(=O)N2. The molecule has 6 heteroatoms. The van der Waals surface area contributed by atoms with Crippen molar-refractivity contribution in [3.05, 3.63) is 27.8 Å². The molecular formula is C14H17N3O3. The largest absolute Gasteiger partial charge is 0.376 e. The number of hydrogen-bond donors (Lipinski definition) is 2. The molecule has 106 valence electrons. The summed E-state index contributed by atoms with van der Waals surface area (Å²) < 4.78 is 0. The molecule has 0 radical (unpaired) electrons. The van der Waals surface area contributed by atoms with Crippen molar-refractivity contribution in [2.24, 2.45) is 5.41 Å². The molecule has 0 bridgehead atoms. The van der Waals surface area contributed by atoms with E-state index in [9.17, 15) is 14.9 Å². The molecule has 1 fully saturated rings. The Hall–Kier alpha value is -2.11. The van der Waals surface area contributed by atoms with E-state index >= 15 is 0 Å². The van der Waals surface area contributed by atoms with Gasteiger partial charge in [0, 0.05) is 24.2 Å². The van der Waals surface area contributed by atoms with Crippen molar-refractivity contribution < 1.29 is 9.72 Å². The van der Waals surface area contributed by atoms with Gasteiger partial charge in [-0.1, -0.05) is 13.8 Å². The molecule has 6 nitrogen and oxygen atoms in total. The van der Waals surface area contributed by atoms with E-state index in [4.69, 9.17) is 0 Å². The number of carbonyl (C=O) groups is 1. The van der Waals surface area contributed by atoms with Crippen molar-refractivity contribution >= 4 is 23.0 Å². The molecule has 1 amide bonds. The van der Waals surface area contributed by atoms with Crippen LogP contribution in [0.2, 0.25) is 0 Å². The molecule has 1 heterocycles. The highest BCUT2D eigenvalue weighted by Crippen LogP contribution is 2.48. The first-order valence-corrected chi connectivity index (χ1v) is 6.74. The summed E-state index contributed by atoms with van der Waals surface area (Å²) in [5.41, 5.74) is 2.27. The molecule has 1 aliphatic heterocycles. The summed E-state index contributed by atoms with van der Waals surface area (Å²) in [6, 6.07) is 3.52. The van der Waals surface area contributed by atoms with Crippen LogP contribution < -0.4 is 10.6 Å². The van der Waals surface area contributed by atoms with Crippen molar-refractivity contribution in [3.8, 4) is 0 Å². The van der Waals surface area contributed by atoms with Crippen molar-refractivity contribution in [2.75, 3.05) is 10.6 Å². The summed E-state index contributed by atoms with van der Waals surface area (Å²) in [5.74, 6) is -0.0379. The van der Waals surface area contributed by atoms with Crippen LogP contribution in [-0.2, 0) is 11.2 Å². The molecule has 0 aromatic heterocycles. The van der Waals surface area contributed by atoms with Crippen LogP contribution >= 0.6 is 0 Å². The number of hydrogen-bond acceptors (Lipinski definition) is 4. The number of amides is 1. The first-order chi connectivity index (χ1) is 9.37. The lowest BCUT2D eigenvalue weighted by Crippen LogP contribution is -2.20. The molecule has 2 aliphatic rings. The molecule has 0 spiro atoms. The van der Waals surface area contributed by atoms with Gasteiger partial charge in [-0.15, -0.1) is 0 Å². The molecule has 20 heavy (non-hydrogen) atoms. The molecular weight excluding hydrogens is 258 g/mol. The van der Waals surface area contributed by atoms with Crippen molar-refractivity contribution in [1.29, 1.82) is 0 Å². The second-order valence-electron chi connectivity index (χ2n) is 6.22. The van der Waals surface area contributed by atoms with E-state index in [1.165, 1.54) is 0 Å². The summed E-state index contributed by atoms with van der Waals surface area (Å²) in [5, 5.41) is 17.2. The van der Waals surface area contributed by atoms with Gasteiger partial charge in [0.05, 0.1) is 4.92 Å². The minimum absolute atomic E-state index is 0.0379. The van der Waals surface area contributed by atoms with Crippen molar-refractivity contribution in [2.45, 2.75) is 39.2 Å². The summed E-state index contributed by atoms with van der Waals surface area (Å²) in [6.45, 7) is 4.24. The van der Waals surface area contributed by atoms with E-state index in [0.29, 0.717) is 24.2 Å². The van der Waals surface area contributed by atoms with Crippen molar-refractivity contribution in [3.63, 3.8) is 0 Å². The smallest absolute Gasteiger partial charge is 0.292 e. The van der Waals surface area contributed by atoms with Crippen LogP contribution in [0.15, 0.2) is 12.1 Å². The highest BCUT2D eigenvalue weighted by molar-refractivity contribution is 5.95. The molecule has 1 atom stereocenters. The Bertz CT molecular complexity index is 610. The number of aryl methyl sites for hydroxylation is 1. The van der Waals surface area contributed by atoms with Crippen LogP contribution in [-0.4, -0.2) is 16.9 Å². The Kier molecular flexibility index (Phi) is 2.70. The van der Waals surface area contributed by atoms with Gasteiger partial charge in [-0.2, -0.15) is 0 Å². The number of anilines is 2. The van der Waals surface area contributed by atoms with Gasteiger partial charge in [-0.05, 0) is 29.9 Å². The number of carbonyl (C=O) groups excluding carboxylic acids is 1. The predicted octanol–water partition coefficient (Wildman–Crippen LogP) is 2.69. The average molecular weight is 275 g/mol. The number of benzene rings is 1. The van der Waals surface area contributed by atoms with Gasteiger partial charge in [-0.25, -0.2) is 0 Å². The third-order valence-corrected chi connectivity index (χ3v) is 4.16. The summed E-state index contributed by atoms with van der Waals surface area (Å²) in [6.07, 6.45) is 1.93. The average Bonchev–Trinajstić information content (AvgIpc) is 2.95. The number of rotatable bonds is 3. The van der Waals surface area contributed by atoms with E-state index in [1.807, 2.05) is 0 Å². The van der Waals surface area contributed by atoms with Gasteiger partial charge >= 0.3 is 0 Å². The van der Waals surface area contributed by atoms with E-state index < -0.39 is 0 Å². The van der Waals surface area contributed by atoms with Crippen LogP contribution in [0, 0.1) is 15.5 Å². The Labute approximate surface area is 116 Å². The van der Waals surface area contributed by atoms with Gasteiger partial charge in [0.25, 0.3) is 5.69 Å². The zero-order chi connectivity index (χ0) is 14.5. The third kappa shape index (κ3) is 2.21. The lowest BCUT2D eigenvalue weighted by Gasteiger charge is -2.18. The molecule has 1 aromatic rings. The van der Waals surface area contributed by atoms with Gasteiger partial charge in [-0.3, -0.25) is 14.9 Å². The Balaban J connectivity index is 1.96. The molecule has 1 saturated carbocycles. The zero-order valence-electron chi connectivity index (χ0n) is 11.5. The minimum atomic E-state index is -0.367.